The van der Waals surface area contributed by atoms with Crippen molar-refractivity contribution in [2.24, 2.45) is 11.8 Å². The summed E-state index contributed by atoms with van der Waals surface area (Å²) < 4.78 is 96.8. The largest absolute Gasteiger partial charge is 0.343 e. The van der Waals surface area contributed by atoms with Gasteiger partial charge in [0, 0.05) is 25.3 Å². The maximum absolute atomic E-state index is 12.4. The van der Waals surface area contributed by atoms with Crippen LogP contribution in [0.15, 0.2) is 29.2 Å². The van der Waals surface area contributed by atoms with Gasteiger partial charge in [0.15, 0.2) is 0 Å². The van der Waals surface area contributed by atoms with Crippen LogP contribution in [0.2, 0.25) is 0 Å². The molecule has 1 aliphatic heterocycles. The van der Waals surface area contributed by atoms with Gasteiger partial charge >= 0.3 is 6.03 Å². The second kappa shape index (κ2) is 5.89. The summed E-state index contributed by atoms with van der Waals surface area (Å²) in [4.78, 5) is 11.9. The molecule has 6 nitrogen and oxygen atoms in total. The van der Waals surface area contributed by atoms with Crippen LogP contribution in [-0.2, 0) is 10.0 Å². The van der Waals surface area contributed by atoms with E-state index < -0.39 is 59.0 Å². The molecule has 2 aliphatic rings. The monoisotopic (exact) mass is 332 g/mol. The highest BCUT2D eigenvalue weighted by Gasteiger charge is 2.36. The Labute approximate surface area is 143 Å². The molecule has 0 bridgehead atoms. The molecule has 0 spiro atoms. The minimum atomic E-state index is -4.45. The average Bonchev–Trinajstić information content (AvgIpc) is 3.00. The number of aryl methyl sites for hydroxylation is 1. The van der Waals surface area contributed by atoms with E-state index in [4.69, 9.17) is 12.3 Å². The quantitative estimate of drug-likeness (QED) is 0.882. The zero-order valence-corrected chi connectivity index (χ0v) is 12.3. The lowest BCUT2D eigenvalue weighted by Gasteiger charge is -2.18. The van der Waals surface area contributed by atoms with Crippen molar-refractivity contribution in [2.45, 2.75) is 31.0 Å². The first-order valence-corrected chi connectivity index (χ1v) is 8.11. The summed E-state index contributed by atoms with van der Waals surface area (Å²) in [6.07, 6.45) is -2.22. The minimum absolute atomic E-state index is 0.0965. The molecule has 1 heterocycles. The lowest BCUT2D eigenvalue weighted by Crippen LogP contribution is -2.48. The Kier molecular flexibility index (Phi) is 2.08. The first-order chi connectivity index (χ1) is 13.9. The first kappa shape index (κ1) is 7.79. The summed E-state index contributed by atoms with van der Waals surface area (Å²) >= 11 is 0. The fraction of sp³-hybridized carbons (Fsp3) is 0.533. The van der Waals surface area contributed by atoms with Crippen LogP contribution in [0.4, 0.5) is 4.79 Å². The molecule has 1 aliphatic carbocycles. The van der Waals surface area contributed by atoms with Gasteiger partial charge in [0.2, 0.25) is 0 Å². The molecule has 2 fully saturated rings. The van der Waals surface area contributed by atoms with Crippen LogP contribution < -0.4 is 10.1 Å². The van der Waals surface area contributed by atoms with E-state index in [0.717, 1.165) is 24.3 Å². The number of urea groups is 1. The van der Waals surface area contributed by atoms with Gasteiger partial charge in [-0.25, -0.2) is 22.9 Å². The number of benzene rings is 1. The van der Waals surface area contributed by atoms with Crippen molar-refractivity contribution in [3.05, 3.63) is 29.8 Å². The maximum atomic E-state index is 12.4. The molecule has 1 aromatic carbocycles. The number of hydrazine groups is 1. The van der Waals surface area contributed by atoms with E-state index >= 15 is 0 Å². The van der Waals surface area contributed by atoms with Crippen LogP contribution >= 0.6 is 0 Å². The van der Waals surface area contributed by atoms with E-state index in [1.807, 2.05) is 5.43 Å². The molecule has 2 amide bonds. The number of sulfonamides is 1. The van der Waals surface area contributed by atoms with Crippen LogP contribution in [0.5, 0.6) is 0 Å². The molecule has 120 valence electrons. The summed E-state index contributed by atoms with van der Waals surface area (Å²) in [6.45, 7) is -7.35. The Morgan fingerprint density at radius 1 is 1.27 bits per heavy atom. The molecule has 7 heteroatoms. The number of hydrogen-bond donors (Lipinski definition) is 2. The van der Waals surface area contributed by atoms with E-state index in [9.17, 15) is 13.2 Å². The Hall–Kier alpha value is -1.60. The van der Waals surface area contributed by atoms with Gasteiger partial charge < -0.3 is 0 Å². The molecule has 1 aromatic rings. The Morgan fingerprint density at radius 2 is 1.91 bits per heavy atom. The highest BCUT2D eigenvalue weighted by atomic mass is 32.2. The van der Waals surface area contributed by atoms with Gasteiger partial charge in [0.25, 0.3) is 10.0 Å². The number of fused-ring (bicyclic) bond motifs is 1. The molecule has 1 saturated carbocycles. The molecule has 22 heavy (non-hydrogen) atoms. The second-order valence-electron chi connectivity index (χ2n) is 5.04. The third kappa shape index (κ3) is 3.25. The van der Waals surface area contributed by atoms with Crippen LogP contribution in [0.3, 0.4) is 0 Å². The molecule has 3 rings (SSSR count). The number of nitrogens with one attached hydrogen (secondary N) is 2. The average molecular weight is 332 g/mol. The van der Waals surface area contributed by atoms with E-state index in [-0.39, 0.29) is 18.4 Å². The first-order valence-electron chi connectivity index (χ1n) is 11.1. The van der Waals surface area contributed by atoms with Gasteiger partial charge in [-0.1, -0.05) is 24.1 Å². The smallest absolute Gasteiger partial charge is 0.270 e. The van der Waals surface area contributed by atoms with Gasteiger partial charge in [-0.3, -0.25) is 5.43 Å². The van der Waals surface area contributed by atoms with Crippen molar-refractivity contribution in [3.63, 3.8) is 0 Å². The van der Waals surface area contributed by atoms with Crippen molar-refractivity contribution in [3.8, 4) is 0 Å². The molecule has 2 unspecified atom stereocenters. The van der Waals surface area contributed by atoms with E-state index in [2.05, 4.69) is 0 Å². The van der Waals surface area contributed by atoms with Crippen LogP contribution in [0.25, 0.3) is 0 Å². The summed E-state index contributed by atoms with van der Waals surface area (Å²) in [5, 5.41) is 0.396. The lowest BCUT2D eigenvalue weighted by molar-refractivity contribution is 0.195. The van der Waals surface area contributed by atoms with Crippen molar-refractivity contribution < 1.29 is 25.5 Å². The Bertz CT molecular complexity index is 954. The van der Waals surface area contributed by atoms with E-state index in [0.29, 0.717) is 5.01 Å². The maximum Gasteiger partial charge on any atom is 0.343 e. The number of carbonyl (C=O) groups excluding carboxylic acids is 1. The molecular formula is C15H21N3O3S. The summed E-state index contributed by atoms with van der Waals surface area (Å²) in [5.74, 6) is -2.08. The number of carbonyl (C=O) groups is 1. The van der Waals surface area contributed by atoms with E-state index in [1.54, 1.807) is 4.72 Å². The van der Waals surface area contributed by atoms with E-state index in [1.165, 1.54) is 0 Å². The lowest BCUT2D eigenvalue weighted by atomic mass is 10.0. The molecule has 2 N–H and O–H groups in total. The van der Waals surface area contributed by atoms with Gasteiger partial charge in [-0.15, -0.1) is 0 Å². The highest BCUT2D eigenvalue weighted by Crippen LogP contribution is 2.36. The predicted octanol–water partition coefficient (Wildman–Crippen LogP) is 1.63. The SMILES string of the molecule is [2H]C1([2H])CC2C(C1)C([2H])([2H])N(NC(=O)NS(=O)(=O)c1ccc(C([2H])([2H])[2H])cc1)C2([2H])[2H]. The second-order valence-corrected chi connectivity index (χ2v) is 6.72. The number of rotatable bonds is 3. The number of hydrogen-bond acceptors (Lipinski definition) is 4. The van der Waals surface area contributed by atoms with Crippen molar-refractivity contribution in [1.29, 1.82) is 0 Å². The Balaban J connectivity index is 1.76. The molecule has 2 atom stereocenters. The normalized spacial score (nSPS) is 38.5. The number of amides is 2. The highest BCUT2D eigenvalue weighted by molar-refractivity contribution is 7.90. The van der Waals surface area contributed by atoms with Gasteiger partial charge in [0.1, 0.15) is 0 Å². The van der Waals surface area contributed by atoms with Crippen molar-refractivity contribution >= 4 is 16.1 Å². The topological polar surface area (TPSA) is 78.5 Å². The van der Waals surface area contributed by atoms with Gasteiger partial charge in [-0.2, -0.15) is 0 Å². The molecule has 0 radical (unpaired) electrons. The fourth-order valence-electron chi connectivity index (χ4n) is 2.32. The zero-order chi connectivity index (χ0) is 23.6. The predicted molar refractivity (Wildman–Crippen MR) is 82.4 cm³/mol. The third-order valence-electron chi connectivity index (χ3n) is 3.41. The Morgan fingerprint density at radius 3 is 2.50 bits per heavy atom. The summed E-state index contributed by atoms with van der Waals surface area (Å²) in [5.41, 5.74) is 1.82. The molecule has 0 aromatic heterocycles. The summed E-state index contributed by atoms with van der Waals surface area (Å²) in [6, 6.07) is 2.74. The van der Waals surface area contributed by atoms with Gasteiger partial charge in [0.05, 0.1) is 4.90 Å². The number of nitrogens with zero attached hydrogens (tertiary/aromatic N) is 1. The molecular weight excluding hydrogens is 302 g/mol. The van der Waals surface area contributed by atoms with Crippen LogP contribution in [0.1, 0.15) is 37.1 Å². The van der Waals surface area contributed by atoms with Gasteiger partial charge in [-0.05, 0) is 43.7 Å². The van der Waals surface area contributed by atoms with Crippen molar-refractivity contribution in [2.75, 3.05) is 13.0 Å². The van der Waals surface area contributed by atoms with Crippen molar-refractivity contribution in [1.82, 2.24) is 15.2 Å². The minimum Gasteiger partial charge on any atom is -0.270 e. The third-order valence-corrected chi connectivity index (χ3v) is 4.76. The van der Waals surface area contributed by atoms with Crippen LogP contribution in [0, 0.1) is 18.7 Å². The fourth-order valence-corrected chi connectivity index (χ4v) is 3.22. The standard InChI is InChI=1S/C15H21N3O3S/c1-11-5-7-14(8-6-11)22(20,21)17-15(19)16-18-9-12-3-2-4-13(12)10-18/h5-8,12-13H,2-4,9-10H2,1H3,(H2,16,17,19)/i1D3,2D2,9D2,10D2. The zero-order valence-electron chi connectivity index (χ0n) is 20.5. The van der Waals surface area contributed by atoms with Crippen LogP contribution in [-0.4, -0.2) is 32.5 Å². The molecule has 1 saturated heterocycles. The summed E-state index contributed by atoms with van der Waals surface area (Å²) in [7, 11) is -4.45.